The van der Waals surface area contributed by atoms with Gasteiger partial charge >= 0.3 is 0 Å². The number of hydrogen-bond donors (Lipinski definition) is 1. The first-order valence-electron chi connectivity index (χ1n) is 6.85. The van der Waals surface area contributed by atoms with E-state index in [9.17, 15) is 0 Å². The normalized spacial score (nSPS) is 13.8. The fraction of sp³-hybridized carbons (Fsp3) is 0.438. The highest BCUT2D eigenvalue weighted by molar-refractivity contribution is 6.10. The van der Waals surface area contributed by atoms with Crippen molar-refractivity contribution in [2.24, 2.45) is 10.9 Å². The minimum Gasteiger partial charge on any atom is -0.397 e. The maximum absolute atomic E-state index is 5.99. The van der Waals surface area contributed by atoms with E-state index in [1.807, 2.05) is 31.5 Å². The summed E-state index contributed by atoms with van der Waals surface area (Å²) in [6.07, 6.45) is 5.21. The summed E-state index contributed by atoms with van der Waals surface area (Å²) in [5, 5.41) is 1.66. The van der Waals surface area contributed by atoms with E-state index in [0.29, 0.717) is 11.6 Å². The second kappa shape index (κ2) is 7.70. The van der Waals surface area contributed by atoms with Gasteiger partial charge in [0.1, 0.15) is 0 Å². The molecule has 20 heavy (non-hydrogen) atoms. The van der Waals surface area contributed by atoms with E-state index in [-0.39, 0.29) is 0 Å². The number of nitrogens with two attached hydrogens (primary N) is 1. The number of aliphatic imine (C=N–C) groups is 1. The van der Waals surface area contributed by atoms with Gasteiger partial charge in [0, 0.05) is 20.3 Å². The molecule has 0 radical (unpaired) electrons. The molecule has 0 bridgehead atoms. The molecule has 0 saturated heterocycles. The number of benzene rings is 1. The van der Waals surface area contributed by atoms with Gasteiger partial charge in [-0.3, -0.25) is 14.9 Å². The highest BCUT2D eigenvalue weighted by Crippen LogP contribution is 2.27. The SMILES string of the molecule is CCC(C)/C=C(\C=N/C)c1ccc(N)c(N(C)OC)c1. The Balaban J connectivity index is 3.25. The van der Waals surface area contributed by atoms with Gasteiger partial charge in [0.15, 0.2) is 0 Å². The van der Waals surface area contributed by atoms with Crippen LogP contribution in [-0.2, 0) is 4.84 Å². The molecule has 1 atom stereocenters. The van der Waals surface area contributed by atoms with Crippen molar-refractivity contribution in [3.8, 4) is 0 Å². The fourth-order valence-electron chi connectivity index (χ4n) is 1.87. The van der Waals surface area contributed by atoms with Gasteiger partial charge < -0.3 is 5.73 Å². The highest BCUT2D eigenvalue weighted by atomic mass is 16.7. The molecule has 0 saturated carbocycles. The molecule has 2 N–H and O–H groups in total. The maximum atomic E-state index is 5.99. The third-order valence-corrected chi connectivity index (χ3v) is 3.35. The number of rotatable bonds is 6. The zero-order valence-electron chi connectivity index (χ0n) is 13.1. The lowest BCUT2D eigenvalue weighted by atomic mass is 9.99. The van der Waals surface area contributed by atoms with Crippen LogP contribution in [0, 0.1) is 5.92 Å². The number of anilines is 2. The lowest BCUT2D eigenvalue weighted by Gasteiger charge is -2.19. The van der Waals surface area contributed by atoms with Gasteiger partial charge in [0.2, 0.25) is 0 Å². The molecule has 110 valence electrons. The summed E-state index contributed by atoms with van der Waals surface area (Å²) in [7, 11) is 5.24. The lowest BCUT2D eigenvalue weighted by Crippen LogP contribution is -2.16. The molecule has 0 aromatic heterocycles. The summed E-state index contributed by atoms with van der Waals surface area (Å²) in [6, 6.07) is 5.93. The van der Waals surface area contributed by atoms with E-state index < -0.39 is 0 Å². The van der Waals surface area contributed by atoms with E-state index in [1.165, 1.54) is 0 Å². The van der Waals surface area contributed by atoms with Crippen LogP contribution >= 0.6 is 0 Å². The monoisotopic (exact) mass is 275 g/mol. The number of hydroxylamine groups is 1. The molecule has 4 nitrogen and oxygen atoms in total. The Labute approximate surface area is 121 Å². The third kappa shape index (κ3) is 4.10. The summed E-state index contributed by atoms with van der Waals surface area (Å²) in [5.41, 5.74) is 9.72. The summed E-state index contributed by atoms with van der Waals surface area (Å²) in [4.78, 5) is 9.36. The van der Waals surface area contributed by atoms with Crippen LogP contribution in [-0.4, -0.2) is 27.4 Å². The molecular formula is C16H25N3O. The largest absolute Gasteiger partial charge is 0.397 e. The number of nitrogens with zero attached hydrogens (tertiary/aromatic N) is 2. The van der Waals surface area contributed by atoms with Crippen LogP contribution in [0.2, 0.25) is 0 Å². The second-order valence-electron chi connectivity index (χ2n) is 4.85. The summed E-state index contributed by atoms with van der Waals surface area (Å²) < 4.78 is 0. The van der Waals surface area contributed by atoms with Crippen molar-refractivity contribution in [2.45, 2.75) is 20.3 Å². The van der Waals surface area contributed by atoms with E-state index in [4.69, 9.17) is 10.6 Å². The molecule has 0 aliphatic heterocycles. The predicted molar refractivity (Wildman–Crippen MR) is 88.1 cm³/mol. The first kappa shape index (κ1) is 16.2. The lowest BCUT2D eigenvalue weighted by molar-refractivity contribution is 0.185. The van der Waals surface area contributed by atoms with E-state index in [1.54, 1.807) is 19.2 Å². The van der Waals surface area contributed by atoms with Gasteiger partial charge in [-0.05, 0) is 29.2 Å². The van der Waals surface area contributed by atoms with Crippen LogP contribution in [0.25, 0.3) is 5.57 Å². The van der Waals surface area contributed by atoms with Gasteiger partial charge in [0.25, 0.3) is 0 Å². The van der Waals surface area contributed by atoms with Crippen molar-refractivity contribution in [3.05, 3.63) is 29.8 Å². The van der Waals surface area contributed by atoms with Gasteiger partial charge in [-0.25, -0.2) is 0 Å². The van der Waals surface area contributed by atoms with Crippen molar-refractivity contribution >= 4 is 23.2 Å². The average Bonchev–Trinajstić information content (AvgIpc) is 2.46. The fourth-order valence-corrected chi connectivity index (χ4v) is 1.87. The summed E-state index contributed by atoms with van der Waals surface area (Å²) in [5.74, 6) is 0.504. The molecule has 1 rings (SSSR count). The Morgan fingerprint density at radius 3 is 2.75 bits per heavy atom. The van der Waals surface area contributed by atoms with Crippen LogP contribution in [0.3, 0.4) is 0 Å². The van der Waals surface area contributed by atoms with Crippen LogP contribution in [0.4, 0.5) is 11.4 Å². The zero-order valence-corrected chi connectivity index (χ0v) is 13.1. The highest BCUT2D eigenvalue weighted by Gasteiger charge is 2.09. The Kier molecular flexibility index (Phi) is 6.25. The Morgan fingerprint density at radius 2 is 2.20 bits per heavy atom. The van der Waals surface area contributed by atoms with Crippen LogP contribution in [0.5, 0.6) is 0 Å². The topological polar surface area (TPSA) is 50.8 Å². The van der Waals surface area contributed by atoms with E-state index in [2.05, 4.69) is 24.9 Å². The Morgan fingerprint density at radius 1 is 1.50 bits per heavy atom. The molecule has 0 fully saturated rings. The van der Waals surface area contributed by atoms with Crippen molar-refractivity contribution in [1.82, 2.24) is 0 Å². The Bertz CT molecular complexity index is 494. The van der Waals surface area contributed by atoms with E-state index >= 15 is 0 Å². The molecule has 0 heterocycles. The third-order valence-electron chi connectivity index (χ3n) is 3.35. The summed E-state index contributed by atoms with van der Waals surface area (Å²) in [6.45, 7) is 4.37. The number of hydrogen-bond acceptors (Lipinski definition) is 4. The molecule has 1 unspecified atom stereocenters. The standard InChI is InChI=1S/C16H25N3O/c1-6-12(2)9-14(11-18-3)13-7-8-15(17)16(10-13)19(4)20-5/h7-12H,6,17H2,1-5H3/b14-9+,18-11-. The first-order chi connectivity index (χ1) is 9.53. The smallest absolute Gasteiger partial charge is 0.0868 e. The molecule has 4 heteroatoms. The van der Waals surface area contributed by atoms with Crippen LogP contribution in [0.15, 0.2) is 29.3 Å². The molecule has 0 spiro atoms. The number of allylic oxidation sites excluding steroid dienone is 2. The molecule has 0 aliphatic rings. The molecule has 0 aliphatic carbocycles. The van der Waals surface area contributed by atoms with Gasteiger partial charge in [-0.1, -0.05) is 32.4 Å². The molecular weight excluding hydrogens is 250 g/mol. The van der Waals surface area contributed by atoms with E-state index in [0.717, 1.165) is 23.2 Å². The van der Waals surface area contributed by atoms with Gasteiger partial charge in [-0.2, -0.15) is 0 Å². The molecule has 0 amide bonds. The van der Waals surface area contributed by atoms with Gasteiger partial charge in [0.05, 0.1) is 18.5 Å². The minimum absolute atomic E-state index is 0.504. The number of nitrogen functional groups attached to an aromatic ring is 1. The maximum Gasteiger partial charge on any atom is 0.0868 e. The second-order valence-corrected chi connectivity index (χ2v) is 4.85. The van der Waals surface area contributed by atoms with Crippen molar-refractivity contribution in [3.63, 3.8) is 0 Å². The molecule has 1 aromatic carbocycles. The van der Waals surface area contributed by atoms with Crippen LogP contribution in [0.1, 0.15) is 25.8 Å². The van der Waals surface area contributed by atoms with Crippen molar-refractivity contribution in [1.29, 1.82) is 0 Å². The van der Waals surface area contributed by atoms with Crippen molar-refractivity contribution < 1.29 is 4.84 Å². The quantitative estimate of drug-likeness (QED) is 0.492. The predicted octanol–water partition coefficient (Wildman–Crippen LogP) is 3.40. The zero-order chi connectivity index (χ0) is 15.1. The Hall–Kier alpha value is -1.81. The first-order valence-corrected chi connectivity index (χ1v) is 6.85. The van der Waals surface area contributed by atoms with Crippen molar-refractivity contribution in [2.75, 3.05) is 32.0 Å². The van der Waals surface area contributed by atoms with Crippen LogP contribution < -0.4 is 10.8 Å². The molecule has 1 aromatic rings. The summed E-state index contributed by atoms with van der Waals surface area (Å²) >= 11 is 0. The van der Waals surface area contributed by atoms with Gasteiger partial charge in [-0.15, -0.1) is 0 Å². The average molecular weight is 275 g/mol. The minimum atomic E-state index is 0.504.